The standard InChI is InChI=1S/C33H48N6O4Si/c1-20(2)39-27(14-15-34-39)32(41)36-31(30(23-8-9-23)24-10-11-24)33(42)35-25-12-13-26(28(40)18-25)29-21(3)37-38(22(29)4)19-43-16-17-44(5,6)7/h12-15,18,20,23-24,30-31,40H,8-11,16-17,19H2,1-7H3,(H,35,42)(H,36,41)/t31-/m0/s1. The number of rotatable bonds is 14. The number of ether oxygens (including phenoxy) is 1. The molecule has 2 aromatic heterocycles. The molecule has 2 aliphatic carbocycles. The first-order valence-corrected chi connectivity index (χ1v) is 19.6. The lowest BCUT2D eigenvalue weighted by atomic mass is 9.88. The van der Waals surface area contributed by atoms with Crippen LogP contribution in [0.2, 0.25) is 25.7 Å². The van der Waals surface area contributed by atoms with Gasteiger partial charge in [0.25, 0.3) is 5.91 Å². The molecule has 0 unspecified atom stereocenters. The molecule has 1 aromatic carbocycles. The highest BCUT2D eigenvalue weighted by Crippen LogP contribution is 2.51. The number of aromatic nitrogens is 4. The molecule has 2 saturated carbocycles. The van der Waals surface area contributed by atoms with E-state index < -0.39 is 14.1 Å². The molecule has 0 aliphatic heterocycles. The molecular weight excluding hydrogens is 572 g/mol. The van der Waals surface area contributed by atoms with Crippen LogP contribution in [0.5, 0.6) is 5.75 Å². The van der Waals surface area contributed by atoms with Crippen molar-refractivity contribution < 1.29 is 19.4 Å². The van der Waals surface area contributed by atoms with Gasteiger partial charge in [-0.25, -0.2) is 4.68 Å². The molecular formula is C33H48N6O4Si. The van der Waals surface area contributed by atoms with E-state index in [1.54, 1.807) is 29.1 Å². The Morgan fingerprint density at radius 2 is 1.77 bits per heavy atom. The number of phenolic OH excluding ortho intramolecular Hbond substituents is 1. The summed E-state index contributed by atoms with van der Waals surface area (Å²) in [7, 11) is -1.18. The molecule has 2 amide bonds. The van der Waals surface area contributed by atoms with Crippen molar-refractivity contribution in [2.75, 3.05) is 11.9 Å². The van der Waals surface area contributed by atoms with Crippen LogP contribution in [0.15, 0.2) is 30.5 Å². The Morgan fingerprint density at radius 1 is 1.09 bits per heavy atom. The van der Waals surface area contributed by atoms with E-state index in [9.17, 15) is 14.7 Å². The number of carbonyl (C=O) groups is 2. The maximum atomic E-state index is 13.9. The number of nitrogens with zero attached hydrogens (tertiary/aromatic N) is 4. The van der Waals surface area contributed by atoms with Crippen molar-refractivity contribution in [3.05, 3.63) is 47.5 Å². The van der Waals surface area contributed by atoms with E-state index in [0.29, 0.717) is 42.1 Å². The molecule has 0 radical (unpaired) electrons. The summed E-state index contributed by atoms with van der Waals surface area (Å²) in [5.41, 5.74) is 4.12. The SMILES string of the molecule is Cc1nn(COCC[Si](C)(C)C)c(C)c1-c1ccc(NC(=O)[C@@H](NC(=O)c2ccnn2C(C)C)C(C2CC2)C2CC2)cc1O. The van der Waals surface area contributed by atoms with E-state index in [1.165, 1.54) is 0 Å². The van der Waals surface area contributed by atoms with E-state index >= 15 is 0 Å². The smallest absolute Gasteiger partial charge is 0.270 e. The summed E-state index contributed by atoms with van der Waals surface area (Å²) < 4.78 is 9.43. The van der Waals surface area contributed by atoms with E-state index in [4.69, 9.17) is 4.74 Å². The lowest BCUT2D eigenvalue weighted by Crippen LogP contribution is -2.50. The van der Waals surface area contributed by atoms with Crippen molar-refractivity contribution in [2.45, 2.75) is 97.9 Å². The van der Waals surface area contributed by atoms with Gasteiger partial charge in [-0.1, -0.05) is 19.6 Å². The zero-order valence-corrected chi connectivity index (χ0v) is 28.2. The fraction of sp³-hybridized carbons (Fsp3) is 0.576. The average molecular weight is 621 g/mol. The summed E-state index contributed by atoms with van der Waals surface area (Å²) in [6.45, 7) is 15.9. The normalized spacial score (nSPS) is 16.0. The van der Waals surface area contributed by atoms with Gasteiger partial charge in [-0.3, -0.25) is 14.3 Å². The van der Waals surface area contributed by atoms with Gasteiger partial charge in [0.15, 0.2) is 0 Å². The van der Waals surface area contributed by atoms with Crippen LogP contribution in [-0.4, -0.2) is 57.2 Å². The minimum Gasteiger partial charge on any atom is -0.507 e. The molecule has 2 aliphatic rings. The quantitative estimate of drug-likeness (QED) is 0.147. The van der Waals surface area contributed by atoms with Crippen molar-refractivity contribution in [3.63, 3.8) is 0 Å². The number of hydrogen-bond acceptors (Lipinski definition) is 6. The van der Waals surface area contributed by atoms with Crippen molar-refractivity contribution in [2.24, 2.45) is 17.8 Å². The molecule has 5 rings (SSSR count). The van der Waals surface area contributed by atoms with Crippen molar-refractivity contribution in [1.29, 1.82) is 0 Å². The number of aromatic hydroxyl groups is 1. The van der Waals surface area contributed by atoms with E-state index in [0.717, 1.165) is 48.7 Å². The van der Waals surface area contributed by atoms with Crippen molar-refractivity contribution >= 4 is 25.6 Å². The summed E-state index contributed by atoms with van der Waals surface area (Å²) >= 11 is 0. The van der Waals surface area contributed by atoms with Crippen LogP contribution in [0.25, 0.3) is 11.1 Å². The zero-order chi connectivity index (χ0) is 31.8. The van der Waals surface area contributed by atoms with Crippen LogP contribution in [0.4, 0.5) is 5.69 Å². The number of phenols is 1. The third-order valence-corrected chi connectivity index (χ3v) is 10.5. The van der Waals surface area contributed by atoms with E-state index in [1.807, 2.05) is 38.4 Å². The molecule has 2 fully saturated rings. The Kier molecular flexibility index (Phi) is 9.36. The largest absolute Gasteiger partial charge is 0.507 e. The van der Waals surface area contributed by atoms with Gasteiger partial charge in [0.1, 0.15) is 24.2 Å². The lowest BCUT2D eigenvalue weighted by molar-refractivity contribution is -0.119. The molecule has 2 heterocycles. The number of nitrogens with one attached hydrogen (secondary N) is 2. The zero-order valence-electron chi connectivity index (χ0n) is 27.2. The van der Waals surface area contributed by atoms with Crippen LogP contribution in [0, 0.1) is 31.6 Å². The van der Waals surface area contributed by atoms with Gasteiger partial charge >= 0.3 is 0 Å². The number of carbonyl (C=O) groups excluding carboxylic acids is 2. The fourth-order valence-electron chi connectivity index (χ4n) is 6.13. The second kappa shape index (κ2) is 12.9. The number of benzene rings is 1. The summed E-state index contributed by atoms with van der Waals surface area (Å²) in [6.07, 6.45) is 5.93. The predicted octanol–water partition coefficient (Wildman–Crippen LogP) is 6.14. The molecule has 11 heteroatoms. The van der Waals surface area contributed by atoms with E-state index in [2.05, 4.69) is 40.5 Å². The van der Waals surface area contributed by atoms with Gasteiger partial charge < -0.3 is 20.5 Å². The molecule has 238 valence electrons. The monoisotopic (exact) mass is 620 g/mol. The molecule has 3 aromatic rings. The third kappa shape index (κ3) is 7.43. The Labute approximate surface area is 261 Å². The molecule has 0 bridgehead atoms. The maximum Gasteiger partial charge on any atom is 0.270 e. The number of hydrogen-bond donors (Lipinski definition) is 3. The molecule has 0 saturated heterocycles. The average Bonchev–Trinajstić information content (AvgIpc) is 3.88. The maximum absolute atomic E-state index is 13.9. The Balaban J connectivity index is 1.32. The Hall–Kier alpha value is -3.44. The van der Waals surface area contributed by atoms with Gasteiger partial charge in [-0.05, 0) is 95.4 Å². The second-order valence-corrected chi connectivity index (χ2v) is 19.7. The molecule has 0 spiro atoms. The van der Waals surface area contributed by atoms with Gasteiger partial charge in [0.2, 0.25) is 5.91 Å². The minimum absolute atomic E-state index is 0.0176. The van der Waals surface area contributed by atoms with Crippen LogP contribution >= 0.6 is 0 Å². The topological polar surface area (TPSA) is 123 Å². The van der Waals surface area contributed by atoms with E-state index in [-0.39, 0.29) is 29.5 Å². The molecule has 10 nitrogen and oxygen atoms in total. The third-order valence-electron chi connectivity index (χ3n) is 8.80. The first-order valence-electron chi connectivity index (χ1n) is 15.9. The molecule has 3 N–H and O–H groups in total. The highest BCUT2D eigenvalue weighted by Gasteiger charge is 2.48. The first kappa shape index (κ1) is 32.0. The number of anilines is 1. The Morgan fingerprint density at radius 3 is 2.36 bits per heavy atom. The van der Waals surface area contributed by atoms with Crippen LogP contribution in [0.1, 0.15) is 67.4 Å². The molecule has 44 heavy (non-hydrogen) atoms. The highest BCUT2D eigenvalue weighted by atomic mass is 28.3. The predicted molar refractivity (Wildman–Crippen MR) is 174 cm³/mol. The van der Waals surface area contributed by atoms with Crippen LogP contribution in [-0.2, 0) is 16.3 Å². The Bertz CT molecular complexity index is 1490. The van der Waals surface area contributed by atoms with Crippen molar-refractivity contribution in [1.82, 2.24) is 24.9 Å². The fourth-order valence-corrected chi connectivity index (χ4v) is 6.89. The minimum atomic E-state index is -1.18. The summed E-state index contributed by atoms with van der Waals surface area (Å²) in [6, 6.07) is 7.30. The number of amides is 2. The first-order chi connectivity index (χ1) is 20.8. The second-order valence-electron chi connectivity index (χ2n) is 14.1. The van der Waals surface area contributed by atoms with Crippen LogP contribution < -0.4 is 10.6 Å². The van der Waals surface area contributed by atoms with Crippen molar-refractivity contribution in [3.8, 4) is 16.9 Å². The highest BCUT2D eigenvalue weighted by molar-refractivity contribution is 6.76. The van der Waals surface area contributed by atoms with Gasteiger partial charge in [-0.2, -0.15) is 10.2 Å². The number of aryl methyl sites for hydroxylation is 1. The summed E-state index contributed by atoms with van der Waals surface area (Å²) in [4.78, 5) is 27.3. The van der Waals surface area contributed by atoms with Crippen LogP contribution in [0.3, 0.4) is 0 Å². The van der Waals surface area contributed by atoms with Gasteiger partial charge in [-0.15, -0.1) is 0 Å². The van der Waals surface area contributed by atoms with Gasteiger partial charge in [0, 0.05) is 55.5 Å². The van der Waals surface area contributed by atoms with Gasteiger partial charge in [0.05, 0.1) is 5.69 Å². The summed E-state index contributed by atoms with van der Waals surface area (Å²) in [5.74, 6) is 0.452. The summed E-state index contributed by atoms with van der Waals surface area (Å²) in [5, 5.41) is 26.2. The molecule has 1 atom stereocenters. The lowest BCUT2D eigenvalue weighted by Gasteiger charge is -2.28.